The zero-order valence-corrected chi connectivity index (χ0v) is 13.7. The Hall–Kier alpha value is -0.910. The van der Waals surface area contributed by atoms with Crippen molar-refractivity contribution in [2.75, 3.05) is 13.2 Å². The van der Waals surface area contributed by atoms with Gasteiger partial charge in [0.05, 0.1) is 6.10 Å². The highest BCUT2D eigenvalue weighted by Crippen LogP contribution is 2.30. The summed E-state index contributed by atoms with van der Waals surface area (Å²) in [7, 11) is -3.27. The maximum absolute atomic E-state index is 12.8. The van der Waals surface area contributed by atoms with Crippen LogP contribution in [0.2, 0.25) is 0 Å². The van der Waals surface area contributed by atoms with Crippen LogP contribution in [0.3, 0.4) is 0 Å². The molecular formula is C16H23NO3S. The van der Waals surface area contributed by atoms with Gasteiger partial charge < -0.3 is 4.74 Å². The van der Waals surface area contributed by atoms with Crippen LogP contribution in [-0.4, -0.2) is 37.2 Å². The molecule has 1 aromatic rings. The number of rotatable bonds is 2. The first kappa shape index (κ1) is 15.0. The highest BCUT2D eigenvalue weighted by Gasteiger charge is 2.40. The lowest BCUT2D eigenvalue weighted by molar-refractivity contribution is 0.125. The normalized spacial score (nSPS) is 26.8. The molecule has 0 spiro atoms. The van der Waals surface area contributed by atoms with Crippen molar-refractivity contribution in [2.45, 2.75) is 51.5 Å². The van der Waals surface area contributed by atoms with Crippen molar-refractivity contribution >= 4 is 10.0 Å². The van der Waals surface area contributed by atoms with Gasteiger partial charge in [-0.1, -0.05) is 17.7 Å². The molecule has 4 nitrogen and oxygen atoms in total. The van der Waals surface area contributed by atoms with E-state index in [9.17, 15) is 8.42 Å². The Morgan fingerprint density at radius 3 is 2.71 bits per heavy atom. The lowest BCUT2D eigenvalue weighted by atomic mass is 9.94. The third kappa shape index (κ3) is 2.62. The third-order valence-corrected chi connectivity index (χ3v) is 7.14. The van der Waals surface area contributed by atoms with Crippen molar-refractivity contribution in [1.29, 1.82) is 0 Å². The highest BCUT2D eigenvalue weighted by atomic mass is 32.2. The molecule has 2 atom stereocenters. The number of hydrogen-bond donors (Lipinski definition) is 0. The van der Waals surface area contributed by atoms with Gasteiger partial charge in [-0.25, -0.2) is 8.42 Å². The summed E-state index contributed by atoms with van der Waals surface area (Å²) in [6.45, 7) is 7.67. The number of benzene rings is 1. The van der Waals surface area contributed by atoms with Crippen LogP contribution in [0.4, 0.5) is 0 Å². The molecular weight excluding hydrogens is 286 g/mol. The topological polar surface area (TPSA) is 46.6 Å². The molecule has 0 bridgehead atoms. The van der Waals surface area contributed by atoms with Crippen LogP contribution in [0, 0.1) is 13.8 Å². The van der Waals surface area contributed by atoms with Crippen LogP contribution in [0.15, 0.2) is 12.1 Å². The number of hydrogen-bond acceptors (Lipinski definition) is 3. The van der Waals surface area contributed by atoms with Crippen LogP contribution in [-0.2, 0) is 27.7 Å². The quantitative estimate of drug-likeness (QED) is 0.841. The fourth-order valence-electron chi connectivity index (χ4n) is 3.55. The first-order valence-corrected chi connectivity index (χ1v) is 9.09. The molecule has 1 aromatic carbocycles. The molecule has 0 N–H and O–H groups in total. The van der Waals surface area contributed by atoms with E-state index in [2.05, 4.69) is 26.0 Å². The molecule has 5 heteroatoms. The summed E-state index contributed by atoms with van der Waals surface area (Å²) in [4.78, 5) is 0. The Morgan fingerprint density at radius 2 is 2.05 bits per heavy atom. The zero-order valence-electron chi connectivity index (χ0n) is 12.9. The van der Waals surface area contributed by atoms with Gasteiger partial charge >= 0.3 is 0 Å². The molecule has 21 heavy (non-hydrogen) atoms. The van der Waals surface area contributed by atoms with Gasteiger partial charge in [0.1, 0.15) is 5.25 Å². The molecule has 0 unspecified atom stereocenters. The van der Waals surface area contributed by atoms with Crippen molar-refractivity contribution in [3.05, 3.63) is 34.4 Å². The van der Waals surface area contributed by atoms with Gasteiger partial charge in [-0.2, -0.15) is 4.31 Å². The van der Waals surface area contributed by atoms with E-state index in [1.165, 1.54) is 22.3 Å². The molecule has 2 aliphatic rings. The Labute approximate surface area is 127 Å². The van der Waals surface area contributed by atoms with Gasteiger partial charge in [0.25, 0.3) is 0 Å². The fraction of sp³-hybridized carbons (Fsp3) is 0.625. The Kier molecular flexibility index (Phi) is 3.84. The van der Waals surface area contributed by atoms with E-state index >= 15 is 0 Å². The van der Waals surface area contributed by atoms with E-state index in [0.717, 1.165) is 6.42 Å². The largest absolute Gasteiger partial charge is 0.377 e. The van der Waals surface area contributed by atoms with E-state index in [1.54, 1.807) is 4.31 Å². The highest BCUT2D eigenvalue weighted by molar-refractivity contribution is 7.89. The second-order valence-electron chi connectivity index (χ2n) is 6.25. The molecule has 0 amide bonds. The zero-order chi connectivity index (χ0) is 15.2. The summed E-state index contributed by atoms with van der Waals surface area (Å²) in [5.41, 5.74) is 4.93. The second kappa shape index (κ2) is 5.38. The molecule has 2 heterocycles. The van der Waals surface area contributed by atoms with E-state index in [1.807, 2.05) is 6.92 Å². The Bertz CT molecular complexity index is 654. The van der Waals surface area contributed by atoms with Crippen LogP contribution >= 0.6 is 0 Å². The van der Waals surface area contributed by atoms with Crippen molar-refractivity contribution in [3.8, 4) is 0 Å². The van der Waals surface area contributed by atoms with Crippen LogP contribution in [0.5, 0.6) is 0 Å². The van der Waals surface area contributed by atoms with Crippen molar-refractivity contribution in [2.24, 2.45) is 0 Å². The molecule has 2 aliphatic heterocycles. The molecule has 0 saturated carbocycles. The van der Waals surface area contributed by atoms with Crippen LogP contribution < -0.4 is 0 Å². The molecule has 0 aromatic heterocycles. The minimum Gasteiger partial charge on any atom is -0.377 e. The first-order valence-electron chi connectivity index (χ1n) is 7.59. The predicted molar refractivity (Wildman–Crippen MR) is 82.8 cm³/mol. The average molecular weight is 309 g/mol. The summed E-state index contributed by atoms with van der Waals surface area (Å²) in [5.74, 6) is 0. The van der Waals surface area contributed by atoms with Crippen molar-refractivity contribution < 1.29 is 13.2 Å². The average Bonchev–Trinajstić information content (AvgIpc) is 2.85. The predicted octanol–water partition coefficient (Wildman–Crippen LogP) is 2.17. The molecule has 0 radical (unpaired) electrons. The number of ether oxygens (including phenoxy) is 1. The van der Waals surface area contributed by atoms with Crippen molar-refractivity contribution in [3.63, 3.8) is 0 Å². The Balaban J connectivity index is 1.89. The van der Waals surface area contributed by atoms with Crippen molar-refractivity contribution in [1.82, 2.24) is 4.31 Å². The summed E-state index contributed by atoms with van der Waals surface area (Å²) < 4.78 is 32.8. The van der Waals surface area contributed by atoms with E-state index in [4.69, 9.17) is 4.74 Å². The van der Waals surface area contributed by atoms with Gasteiger partial charge in [-0.05, 0) is 50.3 Å². The lowest BCUT2D eigenvalue weighted by Gasteiger charge is -2.32. The third-order valence-electron chi connectivity index (χ3n) is 4.72. The van der Waals surface area contributed by atoms with E-state index in [0.29, 0.717) is 26.1 Å². The van der Waals surface area contributed by atoms with Gasteiger partial charge in [-0.3, -0.25) is 0 Å². The monoisotopic (exact) mass is 309 g/mol. The molecule has 0 aliphatic carbocycles. The number of nitrogens with zero attached hydrogens (tertiary/aromatic N) is 1. The Morgan fingerprint density at radius 1 is 1.29 bits per heavy atom. The number of aryl methyl sites for hydroxylation is 2. The van der Waals surface area contributed by atoms with Crippen LogP contribution in [0.25, 0.3) is 0 Å². The standard InChI is InChI=1S/C16H23NO3S/c1-11-8-12(2)15-10-17(6-4-14(15)9-11)21(18,19)16-5-7-20-13(16)3/h8-9,13,16H,4-7,10H2,1-3H3/t13-,16-/m1/s1. The van der Waals surface area contributed by atoms with E-state index < -0.39 is 10.0 Å². The van der Waals surface area contributed by atoms with Crippen LogP contribution in [0.1, 0.15) is 35.6 Å². The van der Waals surface area contributed by atoms with Gasteiger partial charge in [0.15, 0.2) is 0 Å². The smallest absolute Gasteiger partial charge is 0.219 e. The minimum absolute atomic E-state index is 0.199. The summed E-state index contributed by atoms with van der Waals surface area (Å²) >= 11 is 0. The molecule has 1 fully saturated rings. The molecule has 3 rings (SSSR count). The summed E-state index contributed by atoms with van der Waals surface area (Å²) in [6.07, 6.45) is 1.22. The molecule has 1 saturated heterocycles. The van der Waals surface area contributed by atoms with Gasteiger partial charge in [0, 0.05) is 19.7 Å². The first-order chi connectivity index (χ1) is 9.89. The summed E-state index contributed by atoms with van der Waals surface area (Å²) in [5, 5.41) is -0.384. The maximum Gasteiger partial charge on any atom is 0.219 e. The second-order valence-corrected chi connectivity index (χ2v) is 8.40. The molecule has 116 valence electrons. The fourth-order valence-corrected chi connectivity index (χ4v) is 5.54. The SMILES string of the molecule is Cc1cc(C)c2c(c1)CCN(S(=O)(=O)[C@@H]1CCO[C@@H]1C)C2. The number of fused-ring (bicyclic) bond motifs is 1. The minimum atomic E-state index is -3.27. The lowest BCUT2D eigenvalue weighted by Crippen LogP contribution is -2.44. The van der Waals surface area contributed by atoms with E-state index in [-0.39, 0.29) is 11.4 Å². The van der Waals surface area contributed by atoms with Gasteiger partial charge in [-0.15, -0.1) is 0 Å². The summed E-state index contributed by atoms with van der Waals surface area (Å²) in [6, 6.07) is 4.32. The number of sulfonamides is 1. The maximum atomic E-state index is 12.8. The van der Waals surface area contributed by atoms with Gasteiger partial charge in [0.2, 0.25) is 10.0 Å².